The van der Waals surface area contributed by atoms with Gasteiger partial charge in [-0.3, -0.25) is 29.2 Å². The van der Waals surface area contributed by atoms with Crippen LogP contribution < -0.4 is 0 Å². The van der Waals surface area contributed by atoms with Gasteiger partial charge in [0, 0.05) is 34.0 Å². The Kier molecular flexibility index (Phi) is 6.23. The Morgan fingerprint density at radius 1 is 1.00 bits per heavy atom. The van der Waals surface area contributed by atoms with E-state index >= 15 is 0 Å². The number of hydrogen-bond donors (Lipinski definition) is 0. The van der Waals surface area contributed by atoms with E-state index in [0.717, 1.165) is 0 Å². The van der Waals surface area contributed by atoms with Crippen LogP contribution in [0.4, 0.5) is 0 Å². The number of carbonyl (C=O) groups is 4. The van der Waals surface area contributed by atoms with Gasteiger partial charge in [-0.15, -0.1) is 0 Å². The van der Waals surface area contributed by atoms with E-state index in [1.54, 1.807) is 0 Å². The molecule has 0 unspecified atom stereocenters. The molecule has 0 radical (unpaired) electrons. The van der Waals surface area contributed by atoms with E-state index < -0.39 is 30.1 Å². The molecule has 0 N–H and O–H groups in total. The van der Waals surface area contributed by atoms with Crippen molar-refractivity contribution in [3.8, 4) is 0 Å². The highest BCUT2D eigenvalue weighted by Gasteiger charge is 2.36. The molecular weight excluding hydrogens is 306 g/mol. The number of nitrogens with zero attached hydrogens (tertiary/aromatic N) is 3. The standard InChI is InChI=1S/C14H21N3O6/c1-8(23-13(21)9(2)22-11(4)19)12(20)17-7-6-16(10(3)18)14(17)15-5/h8-9H,6-7H2,1-5H3/b15-14-/t8-,9-/m0/s1. The first kappa shape index (κ1) is 18.6. The molecule has 23 heavy (non-hydrogen) atoms. The van der Waals surface area contributed by atoms with Crippen molar-refractivity contribution in [2.24, 2.45) is 4.99 Å². The second-order valence-electron chi connectivity index (χ2n) is 5.01. The van der Waals surface area contributed by atoms with Crippen molar-refractivity contribution in [2.75, 3.05) is 20.1 Å². The number of carbonyl (C=O) groups excluding carboxylic acids is 4. The molecule has 0 aliphatic carbocycles. The lowest BCUT2D eigenvalue weighted by Crippen LogP contribution is -2.45. The van der Waals surface area contributed by atoms with E-state index in [2.05, 4.69) is 4.99 Å². The third-order valence-corrected chi connectivity index (χ3v) is 3.19. The second-order valence-corrected chi connectivity index (χ2v) is 5.01. The van der Waals surface area contributed by atoms with Crippen LogP contribution in [0.3, 0.4) is 0 Å². The maximum atomic E-state index is 12.4. The molecule has 0 spiro atoms. The zero-order valence-corrected chi connectivity index (χ0v) is 13.9. The summed E-state index contributed by atoms with van der Waals surface area (Å²) in [6, 6.07) is 0. The van der Waals surface area contributed by atoms with Gasteiger partial charge in [0.05, 0.1) is 0 Å². The minimum atomic E-state index is -1.10. The highest BCUT2D eigenvalue weighted by atomic mass is 16.6. The van der Waals surface area contributed by atoms with E-state index in [0.29, 0.717) is 6.54 Å². The van der Waals surface area contributed by atoms with Gasteiger partial charge in [-0.05, 0) is 13.8 Å². The zero-order chi connectivity index (χ0) is 17.7. The average Bonchev–Trinajstić information content (AvgIpc) is 2.89. The van der Waals surface area contributed by atoms with Crippen molar-refractivity contribution in [3.63, 3.8) is 0 Å². The molecule has 0 bridgehead atoms. The fraction of sp³-hybridized carbons (Fsp3) is 0.643. The van der Waals surface area contributed by atoms with Gasteiger partial charge in [-0.25, -0.2) is 4.79 Å². The van der Waals surface area contributed by atoms with Crippen LogP contribution >= 0.6 is 0 Å². The number of hydrogen-bond acceptors (Lipinski definition) is 7. The van der Waals surface area contributed by atoms with E-state index in [1.807, 2.05) is 0 Å². The van der Waals surface area contributed by atoms with Crippen LogP contribution in [0.5, 0.6) is 0 Å². The Hall–Kier alpha value is -2.45. The molecule has 1 fully saturated rings. The minimum absolute atomic E-state index is 0.221. The van der Waals surface area contributed by atoms with Crippen molar-refractivity contribution in [1.29, 1.82) is 0 Å². The lowest BCUT2D eigenvalue weighted by Gasteiger charge is -2.23. The average molecular weight is 327 g/mol. The number of aliphatic imine (C=N–C) groups is 1. The molecule has 9 heteroatoms. The number of esters is 2. The topological polar surface area (TPSA) is 106 Å². The molecule has 2 atom stereocenters. The minimum Gasteiger partial charge on any atom is -0.451 e. The first-order chi connectivity index (χ1) is 10.7. The summed E-state index contributed by atoms with van der Waals surface area (Å²) < 4.78 is 9.70. The summed E-state index contributed by atoms with van der Waals surface area (Å²) in [7, 11) is 1.47. The first-order valence-electron chi connectivity index (χ1n) is 7.13. The molecule has 0 saturated carbocycles. The number of amides is 2. The quantitative estimate of drug-likeness (QED) is 0.647. The highest BCUT2D eigenvalue weighted by molar-refractivity contribution is 6.06. The third-order valence-electron chi connectivity index (χ3n) is 3.19. The Morgan fingerprint density at radius 2 is 1.57 bits per heavy atom. The largest absolute Gasteiger partial charge is 0.451 e. The van der Waals surface area contributed by atoms with Crippen molar-refractivity contribution >= 4 is 29.7 Å². The van der Waals surface area contributed by atoms with Crippen molar-refractivity contribution in [1.82, 2.24) is 9.80 Å². The third kappa shape index (κ3) is 4.51. The molecule has 1 heterocycles. The number of ether oxygens (including phenoxy) is 2. The maximum absolute atomic E-state index is 12.4. The Morgan fingerprint density at radius 3 is 2.04 bits per heavy atom. The van der Waals surface area contributed by atoms with Gasteiger partial charge in [-0.2, -0.15) is 0 Å². The van der Waals surface area contributed by atoms with E-state index in [-0.39, 0.29) is 18.4 Å². The summed E-state index contributed by atoms with van der Waals surface area (Å²) in [5.41, 5.74) is 0. The van der Waals surface area contributed by atoms with Crippen LogP contribution in [0.25, 0.3) is 0 Å². The highest BCUT2D eigenvalue weighted by Crippen LogP contribution is 2.13. The van der Waals surface area contributed by atoms with Crippen LogP contribution in [0, 0.1) is 0 Å². The van der Waals surface area contributed by atoms with Crippen LogP contribution in [-0.2, 0) is 28.7 Å². The van der Waals surface area contributed by atoms with Crippen LogP contribution in [-0.4, -0.2) is 71.9 Å². The Labute approximate surface area is 134 Å². The monoisotopic (exact) mass is 327 g/mol. The summed E-state index contributed by atoms with van der Waals surface area (Å²) in [5, 5.41) is 0. The smallest absolute Gasteiger partial charge is 0.347 e. The van der Waals surface area contributed by atoms with Crippen molar-refractivity contribution in [3.05, 3.63) is 0 Å². The van der Waals surface area contributed by atoms with Gasteiger partial charge in [0.1, 0.15) is 0 Å². The van der Waals surface area contributed by atoms with Crippen LogP contribution in [0.2, 0.25) is 0 Å². The molecular formula is C14H21N3O6. The maximum Gasteiger partial charge on any atom is 0.347 e. The van der Waals surface area contributed by atoms with Gasteiger partial charge in [0.25, 0.3) is 5.91 Å². The molecule has 0 aromatic rings. The van der Waals surface area contributed by atoms with Crippen LogP contribution in [0.15, 0.2) is 4.99 Å². The first-order valence-corrected chi connectivity index (χ1v) is 7.13. The molecule has 1 aliphatic rings. The second kappa shape index (κ2) is 7.70. The predicted molar refractivity (Wildman–Crippen MR) is 79.2 cm³/mol. The SMILES string of the molecule is C/N=C1/N(C(C)=O)CCN1C(=O)[C@H](C)OC(=O)[C@H](C)OC(C)=O. The Balaban J connectivity index is 2.72. The molecule has 128 valence electrons. The van der Waals surface area contributed by atoms with E-state index in [9.17, 15) is 19.2 Å². The van der Waals surface area contributed by atoms with E-state index in [4.69, 9.17) is 9.47 Å². The summed E-state index contributed by atoms with van der Waals surface area (Å²) in [6.45, 7) is 5.91. The predicted octanol–water partition coefficient (Wildman–Crippen LogP) is -0.454. The van der Waals surface area contributed by atoms with Gasteiger partial charge >= 0.3 is 11.9 Å². The summed E-state index contributed by atoms with van der Waals surface area (Å²) in [6.07, 6.45) is -2.20. The molecule has 0 aromatic carbocycles. The van der Waals surface area contributed by atoms with Gasteiger partial charge in [0.15, 0.2) is 12.2 Å². The molecule has 1 aliphatic heterocycles. The molecule has 1 saturated heterocycles. The van der Waals surface area contributed by atoms with Crippen molar-refractivity contribution in [2.45, 2.75) is 39.9 Å². The normalized spacial score (nSPS) is 18.6. The summed E-state index contributed by atoms with van der Waals surface area (Å²) in [4.78, 5) is 53.1. The molecule has 1 rings (SSSR count). The lowest BCUT2D eigenvalue weighted by atomic mass is 10.3. The number of rotatable bonds is 4. The van der Waals surface area contributed by atoms with Gasteiger partial charge in [-0.1, -0.05) is 0 Å². The molecule has 0 aromatic heterocycles. The lowest BCUT2D eigenvalue weighted by molar-refractivity contribution is -0.171. The number of guanidine groups is 1. The molecule has 9 nitrogen and oxygen atoms in total. The summed E-state index contributed by atoms with van der Waals surface area (Å²) >= 11 is 0. The van der Waals surface area contributed by atoms with E-state index in [1.165, 1.54) is 44.5 Å². The fourth-order valence-corrected chi connectivity index (χ4v) is 2.13. The Bertz CT molecular complexity index is 545. The fourth-order valence-electron chi connectivity index (χ4n) is 2.13. The van der Waals surface area contributed by atoms with Gasteiger partial charge in [0.2, 0.25) is 11.9 Å². The zero-order valence-electron chi connectivity index (χ0n) is 13.9. The summed E-state index contributed by atoms with van der Waals surface area (Å²) in [5.74, 6) is -1.95. The van der Waals surface area contributed by atoms with Crippen molar-refractivity contribution < 1.29 is 28.7 Å². The van der Waals surface area contributed by atoms with Gasteiger partial charge < -0.3 is 9.47 Å². The molecule has 2 amide bonds. The van der Waals surface area contributed by atoms with Crippen LogP contribution in [0.1, 0.15) is 27.7 Å².